The van der Waals surface area contributed by atoms with Gasteiger partial charge in [-0.1, -0.05) is 82.3 Å². The lowest BCUT2D eigenvalue weighted by molar-refractivity contribution is -0.295. The fraction of sp³-hybridized carbons (Fsp3) is 0.636. The van der Waals surface area contributed by atoms with Crippen LogP contribution >= 0.6 is 0 Å². The summed E-state index contributed by atoms with van der Waals surface area (Å²) in [6.07, 6.45) is -4.49. The number of esters is 1. The Bertz CT molecular complexity index is 1740. The minimum atomic E-state index is -1.81. The summed E-state index contributed by atoms with van der Waals surface area (Å²) in [5.74, 6) is -3.92. The molecule has 12 nitrogen and oxygen atoms in total. The number of ether oxygens (including phenoxy) is 5. The number of likely N-dealkylation sites (N-methyl/N-ethyl adjacent to an activating group) is 1. The van der Waals surface area contributed by atoms with Crippen LogP contribution in [0, 0.1) is 23.2 Å². The van der Waals surface area contributed by atoms with E-state index in [0.717, 1.165) is 16.7 Å². The van der Waals surface area contributed by atoms with Crippen LogP contribution in [0.2, 0.25) is 0 Å². The number of aliphatic hydroxyl groups is 1. The number of nitrogens with zero attached hydrogens (tertiary/aromatic N) is 1. The molecule has 3 aliphatic rings. The molecule has 12 heteroatoms. The lowest BCUT2D eigenvalue weighted by atomic mass is 9.69. The number of cyclic esters (lactones) is 1. The fourth-order valence-corrected chi connectivity index (χ4v) is 9.40. The van der Waals surface area contributed by atoms with E-state index in [1.54, 1.807) is 41.5 Å². The third-order valence-corrected chi connectivity index (χ3v) is 12.7. The summed E-state index contributed by atoms with van der Waals surface area (Å²) in [7, 11) is 5.25. The van der Waals surface area contributed by atoms with Crippen LogP contribution in [0.4, 0.5) is 4.79 Å². The first-order valence-electron chi connectivity index (χ1n) is 19.9. The number of hydrogen-bond donors (Lipinski definition) is 2. The molecule has 1 amide bonds. The Morgan fingerprint density at radius 3 is 2.20 bits per heavy atom. The second kappa shape index (κ2) is 17.0. The second-order valence-corrected chi connectivity index (χ2v) is 17.1. The Hall–Kier alpha value is -3.68. The third-order valence-electron chi connectivity index (χ3n) is 12.7. The molecule has 56 heavy (non-hydrogen) atoms. The van der Waals surface area contributed by atoms with Crippen LogP contribution in [0.5, 0.6) is 0 Å². The summed E-state index contributed by atoms with van der Waals surface area (Å²) in [6, 6.07) is 16.2. The van der Waals surface area contributed by atoms with Crippen molar-refractivity contribution in [1.29, 1.82) is 0 Å². The quantitative estimate of drug-likeness (QED) is 0.249. The molecule has 4 unspecified atom stereocenters. The van der Waals surface area contributed by atoms with E-state index in [0.29, 0.717) is 6.42 Å². The number of benzene rings is 2. The molecule has 0 saturated carbocycles. The molecule has 0 radical (unpaired) electrons. The average Bonchev–Trinajstić information content (AvgIpc) is 3.49. The van der Waals surface area contributed by atoms with Crippen LogP contribution in [-0.2, 0) is 44.5 Å². The van der Waals surface area contributed by atoms with Gasteiger partial charge in [-0.05, 0) is 84.2 Å². The molecule has 3 heterocycles. The van der Waals surface area contributed by atoms with Crippen molar-refractivity contribution in [2.75, 3.05) is 21.2 Å². The predicted molar refractivity (Wildman–Crippen MR) is 211 cm³/mol. The van der Waals surface area contributed by atoms with E-state index in [2.05, 4.69) is 5.32 Å². The topological polar surface area (TPSA) is 150 Å². The Labute approximate surface area is 331 Å². The van der Waals surface area contributed by atoms with E-state index >= 15 is 9.59 Å². The van der Waals surface area contributed by atoms with E-state index < -0.39 is 82.9 Å². The third kappa shape index (κ3) is 8.32. The summed E-state index contributed by atoms with van der Waals surface area (Å²) in [6.45, 7) is 14.0. The second-order valence-electron chi connectivity index (χ2n) is 17.1. The number of methoxy groups -OCH3 is 1. The highest BCUT2D eigenvalue weighted by Gasteiger charge is 2.59. The van der Waals surface area contributed by atoms with Crippen molar-refractivity contribution in [3.05, 3.63) is 60.2 Å². The van der Waals surface area contributed by atoms with E-state index in [-0.39, 0.29) is 37.2 Å². The van der Waals surface area contributed by atoms with Crippen molar-refractivity contribution in [3.8, 4) is 11.1 Å². The summed E-state index contributed by atoms with van der Waals surface area (Å²) in [5.41, 5.74) is -2.03. The maximum Gasteiger partial charge on any atom is 0.408 e. The van der Waals surface area contributed by atoms with Gasteiger partial charge in [0.1, 0.15) is 23.4 Å². The highest BCUT2D eigenvalue weighted by atomic mass is 16.7. The van der Waals surface area contributed by atoms with Gasteiger partial charge in [0.05, 0.1) is 23.9 Å². The van der Waals surface area contributed by atoms with E-state index in [4.69, 9.17) is 23.7 Å². The normalized spacial score (nSPS) is 38.7. The Morgan fingerprint density at radius 1 is 0.929 bits per heavy atom. The Kier molecular flexibility index (Phi) is 13.2. The van der Waals surface area contributed by atoms with Crippen molar-refractivity contribution in [3.63, 3.8) is 0 Å². The highest BCUT2D eigenvalue weighted by Crippen LogP contribution is 2.43. The molecular formula is C44H62N2O10. The van der Waals surface area contributed by atoms with Crippen LogP contribution in [0.3, 0.4) is 0 Å². The zero-order valence-corrected chi connectivity index (χ0v) is 34.9. The molecule has 3 saturated heterocycles. The van der Waals surface area contributed by atoms with Gasteiger partial charge in [0.25, 0.3) is 0 Å². The molecule has 308 valence electrons. The number of Topliss-reactive ketones (excluding diaryl/α,β-unsaturated/α-hetero) is 2. The number of carbonyl (C=O) groups excluding carboxylic acids is 4. The molecule has 2 aromatic carbocycles. The molecule has 5 rings (SSSR count). The SMILES string of the molecule is CC[C@H]1OC(=O)C(C)(Cc2ccccc2-c2ccccc2)C(=O)[C@H](C)[C@@H](OC2O[C@H](C)C[C@H](N(C)C)[C@H]2O)[C@@](C)(OC)C[C@@H](C)C(=O)[C@H](C)C2NC(=O)OC21C. The number of hydrogen-bond acceptors (Lipinski definition) is 11. The summed E-state index contributed by atoms with van der Waals surface area (Å²) < 4.78 is 31.5. The van der Waals surface area contributed by atoms with Crippen molar-refractivity contribution in [1.82, 2.24) is 10.2 Å². The maximum atomic E-state index is 15.5. The largest absolute Gasteiger partial charge is 0.457 e. The predicted octanol–water partition coefficient (Wildman–Crippen LogP) is 5.76. The minimum Gasteiger partial charge on any atom is -0.457 e. The summed E-state index contributed by atoms with van der Waals surface area (Å²) in [5, 5.41) is 14.5. The molecule has 2 N–H and O–H groups in total. The molecule has 13 atom stereocenters. The molecule has 3 aliphatic heterocycles. The zero-order chi connectivity index (χ0) is 41.3. The molecule has 0 aromatic heterocycles. The van der Waals surface area contributed by atoms with Gasteiger partial charge in [-0.15, -0.1) is 0 Å². The molecule has 2 aromatic rings. The number of rotatable bonds is 8. The van der Waals surface area contributed by atoms with Crippen molar-refractivity contribution in [2.45, 2.75) is 135 Å². The van der Waals surface area contributed by atoms with Gasteiger partial charge in [0, 0.05) is 30.9 Å². The zero-order valence-electron chi connectivity index (χ0n) is 34.9. The number of nitrogens with one attached hydrogen (secondary N) is 1. The van der Waals surface area contributed by atoms with Crippen LogP contribution in [-0.4, -0.2) is 109 Å². The van der Waals surface area contributed by atoms with Crippen LogP contribution < -0.4 is 5.32 Å². The van der Waals surface area contributed by atoms with E-state index in [1.807, 2.05) is 87.4 Å². The Morgan fingerprint density at radius 2 is 1.57 bits per heavy atom. The number of fused-ring (bicyclic) bond motifs is 1. The first-order valence-corrected chi connectivity index (χ1v) is 19.9. The lowest BCUT2D eigenvalue weighted by Gasteiger charge is -2.47. The smallest absolute Gasteiger partial charge is 0.408 e. The minimum absolute atomic E-state index is 0.0291. The monoisotopic (exact) mass is 778 g/mol. The van der Waals surface area contributed by atoms with Gasteiger partial charge < -0.3 is 39.0 Å². The van der Waals surface area contributed by atoms with Gasteiger partial charge in [0.2, 0.25) is 0 Å². The summed E-state index contributed by atoms with van der Waals surface area (Å²) in [4.78, 5) is 59.7. The van der Waals surface area contributed by atoms with Crippen molar-refractivity contribution < 1.29 is 48.0 Å². The number of carbonyl (C=O) groups is 4. The fourth-order valence-electron chi connectivity index (χ4n) is 9.40. The number of alkyl carbamates (subject to hydrolysis) is 1. The Balaban J connectivity index is 1.69. The highest BCUT2D eigenvalue weighted by molar-refractivity contribution is 6.05. The standard InChI is InChI=1S/C44H62N2O10/c1-12-33-44(8)36(45-41(51)56-44)27(4)34(47)25(2)23-43(7,52-11)38(55-39-35(48)32(46(9)10)22-26(3)53-39)28(5)37(49)42(6,40(50)54-33)24-30-20-16-17-21-31(30)29-18-14-13-15-19-29/h13-21,25-28,32-33,35-36,38-39,48H,12,22-24H2,1-11H3,(H,45,51)/t25-,26-,27+,28+,32+,33-,35-,36?,38-,39?,42?,43+,44?/m1/s1. The van der Waals surface area contributed by atoms with Gasteiger partial charge in [0.15, 0.2) is 17.7 Å². The maximum absolute atomic E-state index is 15.5. The molecule has 0 bridgehead atoms. The summed E-state index contributed by atoms with van der Waals surface area (Å²) >= 11 is 0. The molecule has 3 fully saturated rings. The molecule has 0 aliphatic carbocycles. The number of amides is 1. The first kappa shape index (κ1) is 43.4. The molecular weight excluding hydrogens is 716 g/mol. The van der Waals surface area contributed by atoms with Gasteiger partial charge in [-0.2, -0.15) is 0 Å². The van der Waals surface area contributed by atoms with Crippen molar-refractivity contribution >= 4 is 23.6 Å². The van der Waals surface area contributed by atoms with E-state index in [1.165, 1.54) is 7.11 Å². The van der Waals surface area contributed by atoms with Crippen LogP contribution in [0.15, 0.2) is 54.6 Å². The van der Waals surface area contributed by atoms with Gasteiger partial charge in [-0.25, -0.2) is 4.79 Å². The van der Waals surface area contributed by atoms with Crippen molar-refractivity contribution in [2.24, 2.45) is 23.2 Å². The van der Waals surface area contributed by atoms with Gasteiger partial charge >= 0.3 is 12.1 Å². The lowest BCUT2D eigenvalue weighted by Crippen LogP contribution is -2.61. The first-order chi connectivity index (χ1) is 26.3. The van der Waals surface area contributed by atoms with Crippen LogP contribution in [0.25, 0.3) is 11.1 Å². The van der Waals surface area contributed by atoms with Gasteiger partial charge in [-0.3, -0.25) is 14.4 Å². The number of aliphatic hydroxyl groups excluding tert-OH is 1. The van der Waals surface area contributed by atoms with Crippen LogP contribution in [0.1, 0.15) is 80.2 Å². The average molecular weight is 779 g/mol. The number of ketones is 2. The van der Waals surface area contributed by atoms with E-state index in [9.17, 15) is 14.7 Å². The molecule has 0 spiro atoms.